The number of benzene rings is 1. The zero-order valence-corrected chi connectivity index (χ0v) is 11.1. The Morgan fingerprint density at radius 2 is 2.21 bits per heavy atom. The van der Waals surface area contributed by atoms with E-state index in [1.807, 2.05) is 26.2 Å². The van der Waals surface area contributed by atoms with E-state index in [2.05, 4.69) is 10.4 Å². The Labute approximate surface area is 111 Å². The Morgan fingerprint density at radius 1 is 1.47 bits per heavy atom. The Morgan fingerprint density at radius 3 is 2.79 bits per heavy atom. The van der Waals surface area contributed by atoms with Gasteiger partial charge in [-0.05, 0) is 19.9 Å². The van der Waals surface area contributed by atoms with Crippen LogP contribution in [0.15, 0.2) is 30.6 Å². The topological polar surface area (TPSA) is 73.0 Å². The molecule has 0 saturated heterocycles. The van der Waals surface area contributed by atoms with Crippen LogP contribution in [-0.2, 0) is 7.05 Å². The fourth-order valence-electron chi connectivity index (χ4n) is 1.96. The zero-order chi connectivity index (χ0) is 14.0. The van der Waals surface area contributed by atoms with E-state index in [0.29, 0.717) is 5.56 Å². The van der Waals surface area contributed by atoms with Crippen LogP contribution in [0.4, 0.5) is 11.4 Å². The van der Waals surface area contributed by atoms with Gasteiger partial charge in [-0.2, -0.15) is 5.10 Å². The lowest BCUT2D eigenvalue weighted by Gasteiger charge is -2.15. The molecular weight excluding hydrogens is 244 g/mol. The van der Waals surface area contributed by atoms with Crippen molar-refractivity contribution in [1.29, 1.82) is 0 Å². The van der Waals surface area contributed by atoms with Gasteiger partial charge in [-0.3, -0.25) is 14.8 Å². The molecule has 0 aliphatic heterocycles. The van der Waals surface area contributed by atoms with Gasteiger partial charge in [-0.15, -0.1) is 0 Å². The summed E-state index contributed by atoms with van der Waals surface area (Å²) in [6.45, 7) is 3.74. The van der Waals surface area contributed by atoms with Gasteiger partial charge in [-0.1, -0.05) is 6.07 Å². The number of hydrogen-bond donors (Lipinski definition) is 1. The smallest absolute Gasteiger partial charge is 0.274 e. The van der Waals surface area contributed by atoms with Crippen LogP contribution in [-0.4, -0.2) is 14.7 Å². The lowest BCUT2D eigenvalue weighted by molar-refractivity contribution is -0.385. The Kier molecular flexibility index (Phi) is 3.50. The molecule has 0 saturated carbocycles. The van der Waals surface area contributed by atoms with Gasteiger partial charge in [0.1, 0.15) is 0 Å². The summed E-state index contributed by atoms with van der Waals surface area (Å²) < 4.78 is 1.73. The maximum atomic E-state index is 10.9. The fourth-order valence-corrected chi connectivity index (χ4v) is 1.96. The van der Waals surface area contributed by atoms with Crippen molar-refractivity contribution in [2.75, 3.05) is 5.32 Å². The number of nitrogens with one attached hydrogen (secondary N) is 1. The van der Waals surface area contributed by atoms with Crippen molar-refractivity contribution >= 4 is 11.4 Å². The van der Waals surface area contributed by atoms with Crippen LogP contribution in [0.1, 0.15) is 24.1 Å². The van der Waals surface area contributed by atoms with Crippen molar-refractivity contribution in [3.63, 3.8) is 0 Å². The lowest BCUT2D eigenvalue weighted by atomic mass is 10.1. The third kappa shape index (κ3) is 2.73. The maximum Gasteiger partial charge on any atom is 0.274 e. The van der Waals surface area contributed by atoms with Crippen molar-refractivity contribution in [2.45, 2.75) is 19.9 Å². The summed E-state index contributed by atoms with van der Waals surface area (Å²) in [5.41, 5.74) is 2.57. The second kappa shape index (κ2) is 5.09. The zero-order valence-electron chi connectivity index (χ0n) is 11.1. The molecule has 1 aromatic carbocycles. The van der Waals surface area contributed by atoms with Gasteiger partial charge in [0, 0.05) is 36.1 Å². The van der Waals surface area contributed by atoms with Crippen LogP contribution >= 0.6 is 0 Å². The molecule has 1 N–H and O–H groups in total. The van der Waals surface area contributed by atoms with Crippen molar-refractivity contribution in [3.8, 4) is 0 Å². The van der Waals surface area contributed by atoms with E-state index in [9.17, 15) is 10.1 Å². The van der Waals surface area contributed by atoms with Crippen LogP contribution in [0, 0.1) is 17.0 Å². The van der Waals surface area contributed by atoms with Crippen molar-refractivity contribution < 1.29 is 4.92 Å². The minimum absolute atomic E-state index is 0.0365. The maximum absolute atomic E-state index is 10.9. The van der Waals surface area contributed by atoms with Gasteiger partial charge in [0.2, 0.25) is 0 Å². The summed E-state index contributed by atoms with van der Waals surface area (Å²) in [6.07, 6.45) is 3.70. The van der Waals surface area contributed by atoms with Crippen molar-refractivity contribution in [1.82, 2.24) is 9.78 Å². The second-order valence-electron chi connectivity index (χ2n) is 4.52. The number of rotatable bonds is 4. The number of nitro benzene ring substituents is 1. The van der Waals surface area contributed by atoms with E-state index in [4.69, 9.17) is 0 Å². The van der Waals surface area contributed by atoms with E-state index in [1.165, 1.54) is 6.07 Å². The first kappa shape index (κ1) is 13.1. The largest absolute Gasteiger partial charge is 0.378 e. The third-order valence-electron chi connectivity index (χ3n) is 3.10. The highest BCUT2D eigenvalue weighted by atomic mass is 16.6. The molecule has 0 aliphatic carbocycles. The van der Waals surface area contributed by atoms with Crippen molar-refractivity contribution in [2.24, 2.45) is 7.05 Å². The molecule has 1 aromatic heterocycles. The summed E-state index contributed by atoms with van der Waals surface area (Å²) in [7, 11) is 1.86. The summed E-state index contributed by atoms with van der Waals surface area (Å²) in [6, 6.07) is 5.07. The predicted molar refractivity (Wildman–Crippen MR) is 73.1 cm³/mol. The number of aromatic nitrogens is 2. The molecule has 0 radical (unpaired) electrons. The molecule has 19 heavy (non-hydrogen) atoms. The third-order valence-corrected chi connectivity index (χ3v) is 3.10. The summed E-state index contributed by atoms with van der Waals surface area (Å²) in [4.78, 5) is 10.5. The number of nitro groups is 1. The summed E-state index contributed by atoms with van der Waals surface area (Å²) in [5.74, 6) is 0. The van der Waals surface area contributed by atoms with E-state index in [0.717, 1.165) is 11.3 Å². The van der Waals surface area contributed by atoms with Gasteiger partial charge in [-0.25, -0.2) is 0 Å². The molecule has 2 rings (SSSR count). The molecule has 0 bridgehead atoms. The van der Waals surface area contributed by atoms with Gasteiger partial charge < -0.3 is 5.32 Å². The molecule has 0 fully saturated rings. The Hall–Kier alpha value is -2.37. The summed E-state index contributed by atoms with van der Waals surface area (Å²) in [5, 5.41) is 18.3. The normalized spacial score (nSPS) is 12.2. The number of anilines is 1. The van der Waals surface area contributed by atoms with Crippen LogP contribution in [0.3, 0.4) is 0 Å². The Balaban J connectivity index is 2.24. The minimum Gasteiger partial charge on any atom is -0.378 e. The highest BCUT2D eigenvalue weighted by Gasteiger charge is 2.15. The van der Waals surface area contributed by atoms with E-state index in [-0.39, 0.29) is 16.7 Å². The minimum atomic E-state index is -0.366. The average Bonchev–Trinajstić information content (AvgIpc) is 2.78. The molecule has 2 aromatic rings. The standard InChI is InChI=1S/C13H16N4O2/c1-9-12(5-4-6-13(9)17(18)19)15-10(2)11-7-14-16(3)8-11/h4-8,10,15H,1-3H3. The fraction of sp³-hybridized carbons (Fsp3) is 0.308. The molecule has 1 atom stereocenters. The van der Waals surface area contributed by atoms with Crippen LogP contribution in [0.2, 0.25) is 0 Å². The van der Waals surface area contributed by atoms with Crippen LogP contribution in [0.5, 0.6) is 0 Å². The SMILES string of the molecule is Cc1c(NC(C)c2cnn(C)c2)cccc1[N+](=O)[O-]. The first-order valence-corrected chi connectivity index (χ1v) is 5.98. The predicted octanol–water partition coefficient (Wildman–Crippen LogP) is 2.81. The van der Waals surface area contributed by atoms with E-state index < -0.39 is 0 Å². The molecule has 6 nitrogen and oxygen atoms in total. The van der Waals surface area contributed by atoms with E-state index >= 15 is 0 Å². The van der Waals surface area contributed by atoms with Crippen molar-refractivity contribution in [3.05, 3.63) is 51.8 Å². The first-order chi connectivity index (χ1) is 8.99. The number of nitrogens with zero attached hydrogens (tertiary/aromatic N) is 3. The molecule has 6 heteroatoms. The average molecular weight is 260 g/mol. The lowest BCUT2D eigenvalue weighted by Crippen LogP contribution is -2.07. The first-order valence-electron chi connectivity index (χ1n) is 5.98. The molecule has 1 heterocycles. The second-order valence-corrected chi connectivity index (χ2v) is 4.52. The van der Waals surface area contributed by atoms with Crippen LogP contribution in [0.25, 0.3) is 0 Å². The van der Waals surface area contributed by atoms with Gasteiger partial charge in [0.25, 0.3) is 5.69 Å². The highest BCUT2D eigenvalue weighted by molar-refractivity contribution is 5.60. The monoisotopic (exact) mass is 260 g/mol. The molecule has 0 aliphatic rings. The van der Waals surface area contributed by atoms with Crippen LogP contribution < -0.4 is 5.32 Å². The number of aryl methyl sites for hydroxylation is 1. The molecule has 1 unspecified atom stereocenters. The van der Waals surface area contributed by atoms with Gasteiger partial charge >= 0.3 is 0 Å². The molecule has 0 spiro atoms. The van der Waals surface area contributed by atoms with Gasteiger partial charge in [0.15, 0.2) is 0 Å². The quantitative estimate of drug-likeness (QED) is 0.677. The highest BCUT2D eigenvalue weighted by Crippen LogP contribution is 2.28. The molecule has 100 valence electrons. The van der Waals surface area contributed by atoms with E-state index in [1.54, 1.807) is 23.9 Å². The number of hydrogen-bond acceptors (Lipinski definition) is 4. The van der Waals surface area contributed by atoms with Gasteiger partial charge in [0.05, 0.1) is 17.2 Å². The summed E-state index contributed by atoms with van der Waals surface area (Å²) >= 11 is 0. The molecular formula is C13H16N4O2. The molecule has 0 amide bonds. The Bertz CT molecular complexity index is 606.